The second kappa shape index (κ2) is 3.52. The van der Waals surface area contributed by atoms with Crippen LogP contribution in [0, 0.1) is 11.8 Å². The molecule has 17 heavy (non-hydrogen) atoms. The Morgan fingerprint density at radius 1 is 1.12 bits per heavy atom. The van der Waals surface area contributed by atoms with Crippen LogP contribution in [0.3, 0.4) is 0 Å². The molecule has 1 aromatic carbocycles. The first kappa shape index (κ1) is 10.7. The molecule has 3 atom stereocenters. The molecule has 0 heterocycles. The Hall–Kier alpha value is -1.44. The molecule has 0 spiro atoms. The van der Waals surface area contributed by atoms with E-state index in [4.69, 9.17) is 0 Å². The maximum Gasteiger partial charge on any atom is 0.144 e. The van der Waals surface area contributed by atoms with Crippen LogP contribution in [-0.4, -0.2) is 11.6 Å². The van der Waals surface area contributed by atoms with Gasteiger partial charge >= 0.3 is 0 Å². The monoisotopic (exact) mass is 228 g/mol. The highest BCUT2D eigenvalue weighted by Crippen LogP contribution is 2.50. The van der Waals surface area contributed by atoms with Crippen molar-refractivity contribution in [3.05, 3.63) is 35.9 Å². The largest absolute Gasteiger partial charge is 0.299 e. The van der Waals surface area contributed by atoms with Gasteiger partial charge in [0.25, 0.3) is 0 Å². The van der Waals surface area contributed by atoms with E-state index < -0.39 is 0 Å². The maximum absolute atomic E-state index is 12.3. The van der Waals surface area contributed by atoms with Crippen LogP contribution in [0.15, 0.2) is 30.3 Å². The quantitative estimate of drug-likeness (QED) is 0.740. The fourth-order valence-electron chi connectivity index (χ4n) is 3.60. The third kappa shape index (κ3) is 1.40. The average Bonchev–Trinajstić information content (AvgIpc) is 2.63. The van der Waals surface area contributed by atoms with Gasteiger partial charge in [-0.2, -0.15) is 0 Å². The van der Waals surface area contributed by atoms with Crippen molar-refractivity contribution >= 4 is 11.6 Å². The Morgan fingerprint density at radius 3 is 2.53 bits per heavy atom. The lowest BCUT2D eigenvalue weighted by Gasteiger charge is -2.34. The molecular weight excluding hydrogens is 212 g/mol. The molecule has 0 saturated heterocycles. The number of fused-ring (bicyclic) bond motifs is 2. The summed E-state index contributed by atoms with van der Waals surface area (Å²) in [6.45, 7) is 1.96. The van der Waals surface area contributed by atoms with Crippen molar-refractivity contribution in [2.75, 3.05) is 0 Å². The molecule has 0 radical (unpaired) electrons. The van der Waals surface area contributed by atoms with Crippen LogP contribution in [0.2, 0.25) is 0 Å². The number of hydrogen-bond donors (Lipinski definition) is 0. The highest BCUT2D eigenvalue weighted by Gasteiger charge is 2.55. The smallest absolute Gasteiger partial charge is 0.144 e. The molecule has 0 N–H and O–H groups in total. The maximum atomic E-state index is 12.3. The average molecular weight is 228 g/mol. The van der Waals surface area contributed by atoms with E-state index in [0.717, 1.165) is 12.0 Å². The highest BCUT2D eigenvalue weighted by atomic mass is 16.1. The highest BCUT2D eigenvalue weighted by molar-refractivity contribution is 6.01. The molecule has 0 amide bonds. The van der Waals surface area contributed by atoms with Gasteiger partial charge in [-0.3, -0.25) is 9.59 Å². The molecule has 2 fully saturated rings. The van der Waals surface area contributed by atoms with E-state index in [0.29, 0.717) is 18.6 Å². The van der Waals surface area contributed by atoms with E-state index in [1.807, 2.05) is 37.3 Å². The SMILES string of the molecule is CC1CC2(c3ccccc3)CC(CC2=O)C1=O. The summed E-state index contributed by atoms with van der Waals surface area (Å²) in [6.07, 6.45) is 1.89. The molecule has 3 rings (SSSR count). The summed E-state index contributed by atoms with van der Waals surface area (Å²) in [5, 5.41) is 0. The number of carbonyl (C=O) groups excluding carboxylic acids is 2. The zero-order valence-electron chi connectivity index (χ0n) is 9.98. The topological polar surface area (TPSA) is 34.1 Å². The number of benzene rings is 1. The molecule has 2 aliphatic rings. The summed E-state index contributed by atoms with van der Waals surface area (Å²) in [7, 11) is 0. The molecule has 1 aromatic rings. The van der Waals surface area contributed by atoms with Crippen LogP contribution >= 0.6 is 0 Å². The van der Waals surface area contributed by atoms with Crippen LogP contribution in [0.5, 0.6) is 0 Å². The van der Waals surface area contributed by atoms with Gasteiger partial charge in [-0.1, -0.05) is 37.3 Å². The summed E-state index contributed by atoms with van der Waals surface area (Å²) < 4.78 is 0. The predicted molar refractivity (Wildman–Crippen MR) is 64.6 cm³/mol. The molecule has 2 heteroatoms. The second-order valence-electron chi connectivity index (χ2n) is 5.48. The number of Topliss-reactive ketones (excluding diaryl/α,β-unsaturated/α-hetero) is 2. The van der Waals surface area contributed by atoms with E-state index in [-0.39, 0.29) is 23.0 Å². The van der Waals surface area contributed by atoms with Gasteiger partial charge < -0.3 is 0 Å². The number of ketones is 2. The Balaban J connectivity index is 2.08. The van der Waals surface area contributed by atoms with Gasteiger partial charge in [-0.15, -0.1) is 0 Å². The molecule has 88 valence electrons. The lowest BCUT2D eigenvalue weighted by molar-refractivity contribution is -0.128. The van der Waals surface area contributed by atoms with E-state index in [2.05, 4.69) is 0 Å². The van der Waals surface area contributed by atoms with Crippen molar-refractivity contribution in [3.8, 4) is 0 Å². The van der Waals surface area contributed by atoms with Crippen LogP contribution < -0.4 is 0 Å². The van der Waals surface area contributed by atoms with Crippen molar-refractivity contribution in [1.82, 2.24) is 0 Å². The molecular formula is C15H16O2. The first-order valence-corrected chi connectivity index (χ1v) is 6.26. The van der Waals surface area contributed by atoms with Crippen molar-refractivity contribution < 1.29 is 9.59 Å². The van der Waals surface area contributed by atoms with Gasteiger partial charge in [0.15, 0.2) is 0 Å². The molecule has 0 aromatic heterocycles. The van der Waals surface area contributed by atoms with Crippen molar-refractivity contribution in [2.45, 2.75) is 31.6 Å². The minimum absolute atomic E-state index is 0.0218. The summed E-state index contributed by atoms with van der Waals surface area (Å²) in [4.78, 5) is 24.3. The minimum Gasteiger partial charge on any atom is -0.299 e. The zero-order chi connectivity index (χ0) is 12.0. The van der Waals surface area contributed by atoms with Crippen molar-refractivity contribution in [2.24, 2.45) is 11.8 Å². The molecule has 2 nitrogen and oxygen atoms in total. The summed E-state index contributed by atoms with van der Waals surface area (Å²) in [5.74, 6) is 0.570. The predicted octanol–water partition coefficient (Wildman–Crippen LogP) is 2.51. The van der Waals surface area contributed by atoms with E-state index in [1.165, 1.54) is 0 Å². The van der Waals surface area contributed by atoms with Crippen LogP contribution in [0.1, 0.15) is 31.7 Å². The normalized spacial score (nSPS) is 36.3. The minimum atomic E-state index is -0.362. The van der Waals surface area contributed by atoms with Crippen molar-refractivity contribution in [3.63, 3.8) is 0 Å². The van der Waals surface area contributed by atoms with Gasteiger partial charge in [0, 0.05) is 18.3 Å². The second-order valence-corrected chi connectivity index (χ2v) is 5.48. The van der Waals surface area contributed by atoms with Crippen LogP contribution in [0.4, 0.5) is 0 Å². The summed E-state index contributed by atoms with van der Waals surface area (Å²) in [6, 6.07) is 9.98. The third-order valence-electron chi connectivity index (χ3n) is 4.43. The zero-order valence-corrected chi connectivity index (χ0v) is 9.98. The van der Waals surface area contributed by atoms with Gasteiger partial charge in [0.2, 0.25) is 0 Å². The standard InChI is InChI=1S/C15H16O2/c1-10-8-15(12-5-3-2-4-6-12)9-11(14(10)17)7-13(15)16/h2-6,10-11H,7-9H2,1H3. The first-order valence-electron chi connectivity index (χ1n) is 6.26. The van der Waals surface area contributed by atoms with Gasteiger partial charge in [-0.25, -0.2) is 0 Å². The lowest BCUT2D eigenvalue weighted by Crippen LogP contribution is -2.38. The summed E-state index contributed by atoms with van der Waals surface area (Å²) in [5.41, 5.74) is 0.742. The van der Waals surface area contributed by atoms with Crippen molar-refractivity contribution in [1.29, 1.82) is 0 Å². The lowest BCUT2D eigenvalue weighted by atomic mass is 9.67. The molecule has 0 aliphatic heterocycles. The van der Waals surface area contributed by atoms with Gasteiger partial charge in [-0.05, 0) is 18.4 Å². The fourth-order valence-corrected chi connectivity index (χ4v) is 3.60. The number of carbonyl (C=O) groups is 2. The first-order chi connectivity index (χ1) is 8.13. The van der Waals surface area contributed by atoms with Crippen LogP contribution in [-0.2, 0) is 15.0 Å². The van der Waals surface area contributed by atoms with E-state index in [9.17, 15) is 9.59 Å². The van der Waals surface area contributed by atoms with E-state index >= 15 is 0 Å². The molecule has 3 unspecified atom stereocenters. The Bertz CT molecular complexity index is 477. The summed E-state index contributed by atoms with van der Waals surface area (Å²) >= 11 is 0. The molecule has 2 bridgehead atoms. The fraction of sp³-hybridized carbons (Fsp3) is 0.467. The third-order valence-corrected chi connectivity index (χ3v) is 4.43. The number of hydrogen-bond acceptors (Lipinski definition) is 2. The van der Waals surface area contributed by atoms with Gasteiger partial charge in [0.05, 0.1) is 5.41 Å². The molecule has 2 saturated carbocycles. The van der Waals surface area contributed by atoms with E-state index in [1.54, 1.807) is 0 Å². The Morgan fingerprint density at radius 2 is 1.82 bits per heavy atom. The Kier molecular flexibility index (Phi) is 2.22. The number of rotatable bonds is 1. The van der Waals surface area contributed by atoms with Gasteiger partial charge in [0.1, 0.15) is 11.6 Å². The molecule has 2 aliphatic carbocycles. The Labute approximate surface area is 101 Å². The van der Waals surface area contributed by atoms with Crippen LogP contribution in [0.25, 0.3) is 0 Å².